The minimum absolute atomic E-state index is 0.0122. The Morgan fingerprint density at radius 2 is 2.47 bits per heavy atom. The van der Waals surface area contributed by atoms with Gasteiger partial charge in [0.2, 0.25) is 5.91 Å². The van der Waals surface area contributed by atoms with Crippen LogP contribution >= 0.6 is 11.8 Å². The summed E-state index contributed by atoms with van der Waals surface area (Å²) < 4.78 is 5.19. The van der Waals surface area contributed by atoms with E-state index in [9.17, 15) is 4.79 Å². The average molecular weight is 280 g/mol. The summed E-state index contributed by atoms with van der Waals surface area (Å²) in [5.41, 5.74) is 1.24. The molecule has 19 heavy (non-hydrogen) atoms. The molecule has 1 amide bonds. The Morgan fingerprint density at radius 3 is 3.21 bits per heavy atom. The quantitative estimate of drug-likeness (QED) is 0.774. The summed E-state index contributed by atoms with van der Waals surface area (Å²) >= 11 is 1.76. The van der Waals surface area contributed by atoms with Gasteiger partial charge in [-0.05, 0) is 30.5 Å². The molecule has 1 atom stereocenters. The molecule has 0 spiro atoms. The first-order valence-corrected chi connectivity index (χ1v) is 7.67. The van der Waals surface area contributed by atoms with Gasteiger partial charge in [-0.1, -0.05) is 12.1 Å². The lowest BCUT2D eigenvalue weighted by Crippen LogP contribution is -2.42. The Hall–Kier alpha value is -1.20. The van der Waals surface area contributed by atoms with E-state index in [1.165, 1.54) is 5.56 Å². The standard InChI is InChI=1S/C14H20N2O2S/c1-18-12-6-2-4-11(8-12)5-3-7-15-14(17)13-9-19-10-16-13/h2,4,6,8,13,16H,3,5,7,9-10H2,1H3,(H,15,17). The highest BCUT2D eigenvalue weighted by molar-refractivity contribution is 7.99. The topological polar surface area (TPSA) is 50.4 Å². The molecule has 2 rings (SSSR count). The lowest BCUT2D eigenvalue weighted by Gasteiger charge is -2.10. The predicted molar refractivity (Wildman–Crippen MR) is 78.6 cm³/mol. The van der Waals surface area contributed by atoms with Crippen LogP contribution < -0.4 is 15.4 Å². The van der Waals surface area contributed by atoms with E-state index in [4.69, 9.17) is 4.74 Å². The van der Waals surface area contributed by atoms with Gasteiger partial charge >= 0.3 is 0 Å². The molecule has 4 nitrogen and oxygen atoms in total. The van der Waals surface area contributed by atoms with Crippen molar-refractivity contribution < 1.29 is 9.53 Å². The Balaban J connectivity index is 1.67. The van der Waals surface area contributed by atoms with Gasteiger partial charge < -0.3 is 10.1 Å². The minimum Gasteiger partial charge on any atom is -0.497 e. The molecule has 5 heteroatoms. The maximum absolute atomic E-state index is 11.8. The van der Waals surface area contributed by atoms with E-state index in [0.29, 0.717) is 0 Å². The molecule has 1 fully saturated rings. The van der Waals surface area contributed by atoms with Crippen LogP contribution in [-0.2, 0) is 11.2 Å². The molecule has 1 aliphatic heterocycles. The first kappa shape index (κ1) is 14.2. The molecule has 1 aromatic carbocycles. The molecule has 0 aliphatic carbocycles. The normalized spacial score (nSPS) is 18.3. The molecule has 0 saturated carbocycles. The highest BCUT2D eigenvalue weighted by Gasteiger charge is 2.21. The number of thioether (sulfide) groups is 1. The van der Waals surface area contributed by atoms with Crippen molar-refractivity contribution >= 4 is 17.7 Å². The molecule has 0 bridgehead atoms. The first-order valence-electron chi connectivity index (χ1n) is 6.51. The summed E-state index contributed by atoms with van der Waals surface area (Å²) in [4.78, 5) is 11.8. The second-order valence-corrected chi connectivity index (χ2v) is 5.55. The maximum atomic E-state index is 11.8. The number of carbonyl (C=O) groups excluding carboxylic acids is 1. The van der Waals surface area contributed by atoms with Crippen molar-refractivity contribution in [3.8, 4) is 5.75 Å². The van der Waals surface area contributed by atoms with Crippen molar-refractivity contribution in [2.24, 2.45) is 0 Å². The van der Waals surface area contributed by atoms with Crippen LogP contribution in [0.1, 0.15) is 12.0 Å². The van der Waals surface area contributed by atoms with Gasteiger partial charge in [-0.25, -0.2) is 0 Å². The van der Waals surface area contributed by atoms with Crippen LogP contribution in [0, 0.1) is 0 Å². The minimum atomic E-state index is -0.0122. The number of carbonyl (C=O) groups is 1. The Labute approximate surface area is 118 Å². The number of hydrogen-bond donors (Lipinski definition) is 2. The van der Waals surface area contributed by atoms with Crippen LogP contribution in [0.4, 0.5) is 0 Å². The average Bonchev–Trinajstić information content (AvgIpc) is 2.98. The number of methoxy groups -OCH3 is 1. The van der Waals surface area contributed by atoms with E-state index in [0.717, 1.165) is 36.8 Å². The van der Waals surface area contributed by atoms with Crippen molar-refractivity contribution in [3.63, 3.8) is 0 Å². The number of aryl methyl sites for hydroxylation is 1. The third-order valence-corrected chi connectivity index (χ3v) is 4.05. The first-order chi connectivity index (χ1) is 9.29. The number of ether oxygens (including phenoxy) is 1. The summed E-state index contributed by atoms with van der Waals surface area (Å²) in [7, 11) is 1.67. The predicted octanol–water partition coefficient (Wildman–Crippen LogP) is 1.41. The fourth-order valence-corrected chi connectivity index (χ4v) is 2.96. The van der Waals surface area contributed by atoms with Gasteiger partial charge in [0.05, 0.1) is 13.2 Å². The smallest absolute Gasteiger partial charge is 0.238 e. The summed E-state index contributed by atoms with van der Waals surface area (Å²) in [6, 6.07) is 8.04. The van der Waals surface area contributed by atoms with Crippen molar-refractivity contribution in [2.45, 2.75) is 18.9 Å². The van der Waals surface area contributed by atoms with Gasteiger partial charge in [0.25, 0.3) is 0 Å². The van der Waals surface area contributed by atoms with Crippen LogP contribution in [0.25, 0.3) is 0 Å². The number of rotatable bonds is 6. The highest BCUT2D eigenvalue weighted by Crippen LogP contribution is 2.13. The molecular formula is C14H20N2O2S. The summed E-state index contributed by atoms with van der Waals surface area (Å²) in [6.07, 6.45) is 1.89. The Morgan fingerprint density at radius 1 is 1.58 bits per heavy atom. The van der Waals surface area contributed by atoms with Crippen molar-refractivity contribution in [2.75, 3.05) is 25.3 Å². The zero-order valence-electron chi connectivity index (χ0n) is 11.1. The van der Waals surface area contributed by atoms with Gasteiger partial charge in [-0.2, -0.15) is 0 Å². The van der Waals surface area contributed by atoms with Crippen LogP contribution in [-0.4, -0.2) is 37.2 Å². The van der Waals surface area contributed by atoms with Gasteiger partial charge in [0.1, 0.15) is 5.75 Å². The highest BCUT2D eigenvalue weighted by atomic mass is 32.2. The maximum Gasteiger partial charge on any atom is 0.238 e. The van der Waals surface area contributed by atoms with Crippen LogP contribution in [0.5, 0.6) is 5.75 Å². The van der Waals surface area contributed by atoms with Gasteiger partial charge in [-0.15, -0.1) is 11.8 Å². The molecule has 0 radical (unpaired) electrons. The summed E-state index contributed by atoms with van der Waals surface area (Å²) in [5, 5.41) is 6.14. The fourth-order valence-electron chi connectivity index (χ4n) is 2.02. The molecular weight excluding hydrogens is 260 g/mol. The Kier molecular flexibility index (Phi) is 5.54. The largest absolute Gasteiger partial charge is 0.497 e. The van der Waals surface area contributed by atoms with Crippen molar-refractivity contribution in [3.05, 3.63) is 29.8 Å². The molecule has 1 heterocycles. The molecule has 1 aliphatic rings. The molecule has 2 N–H and O–H groups in total. The third kappa shape index (κ3) is 4.44. The van der Waals surface area contributed by atoms with Gasteiger partial charge in [0.15, 0.2) is 0 Å². The Bertz CT molecular complexity index is 420. The lowest BCUT2D eigenvalue weighted by atomic mass is 10.1. The van der Waals surface area contributed by atoms with Crippen LogP contribution in [0.2, 0.25) is 0 Å². The second-order valence-electron chi connectivity index (χ2n) is 4.52. The van der Waals surface area contributed by atoms with E-state index in [1.807, 2.05) is 18.2 Å². The number of amides is 1. The molecule has 1 unspecified atom stereocenters. The fraction of sp³-hybridized carbons (Fsp3) is 0.500. The molecule has 0 aromatic heterocycles. The van der Waals surface area contributed by atoms with E-state index in [-0.39, 0.29) is 11.9 Å². The molecule has 1 saturated heterocycles. The third-order valence-electron chi connectivity index (χ3n) is 3.11. The lowest BCUT2D eigenvalue weighted by molar-refractivity contribution is -0.122. The van der Waals surface area contributed by atoms with Crippen molar-refractivity contribution in [1.82, 2.24) is 10.6 Å². The summed E-state index contributed by atoms with van der Waals surface area (Å²) in [5.74, 6) is 2.76. The van der Waals surface area contributed by atoms with Gasteiger partial charge in [0, 0.05) is 18.2 Å². The van der Waals surface area contributed by atoms with E-state index >= 15 is 0 Å². The SMILES string of the molecule is COc1cccc(CCCNC(=O)C2CSCN2)c1. The van der Waals surface area contributed by atoms with Crippen LogP contribution in [0.3, 0.4) is 0 Å². The van der Waals surface area contributed by atoms with E-state index < -0.39 is 0 Å². The van der Waals surface area contributed by atoms with Crippen LogP contribution in [0.15, 0.2) is 24.3 Å². The zero-order valence-corrected chi connectivity index (χ0v) is 12.0. The number of benzene rings is 1. The van der Waals surface area contributed by atoms with Crippen molar-refractivity contribution in [1.29, 1.82) is 0 Å². The van der Waals surface area contributed by atoms with Gasteiger partial charge in [-0.3, -0.25) is 10.1 Å². The van der Waals surface area contributed by atoms with E-state index in [2.05, 4.69) is 16.7 Å². The molecule has 1 aromatic rings. The monoisotopic (exact) mass is 280 g/mol. The zero-order chi connectivity index (χ0) is 13.5. The second kappa shape index (κ2) is 7.40. The summed E-state index contributed by atoms with van der Waals surface area (Å²) in [6.45, 7) is 0.721. The molecule has 104 valence electrons. The number of hydrogen-bond acceptors (Lipinski definition) is 4. The van der Waals surface area contributed by atoms with E-state index in [1.54, 1.807) is 18.9 Å². The number of nitrogens with one attached hydrogen (secondary N) is 2.